The number of halogens is 1. The van der Waals surface area contributed by atoms with Gasteiger partial charge in [-0.3, -0.25) is 0 Å². The SMILES string of the molecule is C=C1CC[C@H](O[Si](C)(C)C(C)(C)C)C(C)(C)[C@@H]1CC/C(C)=C/CBr. The first-order valence-electron chi connectivity index (χ1n) is 9.40. The Hall–Kier alpha value is 0.137. The maximum Gasteiger partial charge on any atom is 0.192 e. The zero-order valence-corrected chi connectivity index (χ0v) is 19.8. The summed E-state index contributed by atoms with van der Waals surface area (Å²) in [6.07, 6.45) is 7.24. The first-order chi connectivity index (χ1) is 10.8. The van der Waals surface area contributed by atoms with E-state index in [-0.39, 0.29) is 10.5 Å². The molecule has 1 aliphatic carbocycles. The van der Waals surface area contributed by atoms with Crippen molar-refractivity contribution in [3.63, 3.8) is 0 Å². The third-order valence-corrected chi connectivity index (χ3v) is 11.3. The molecular weight excluding hydrogens is 376 g/mol. The summed E-state index contributed by atoms with van der Waals surface area (Å²) in [6.45, 7) is 23.2. The van der Waals surface area contributed by atoms with Crippen molar-refractivity contribution >= 4 is 24.2 Å². The third-order valence-electron chi connectivity index (χ3n) is 6.44. The normalized spacial score (nSPS) is 25.9. The van der Waals surface area contributed by atoms with Crippen LogP contribution in [0, 0.1) is 11.3 Å². The van der Waals surface area contributed by atoms with Crippen LogP contribution in [0.2, 0.25) is 18.1 Å². The molecule has 1 saturated carbocycles. The first kappa shape index (κ1) is 22.2. The van der Waals surface area contributed by atoms with E-state index in [1.165, 1.54) is 17.6 Å². The molecule has 0 aliphatic heterocycles. The smallest absolute Gasteiger partial charge is 0.192 e. The Labute approximate surface area is 160 Å². The quantitative estimate of drug-likeness (QED) is 0.248. The van der Waals surface area contributed by atoms with Gasteiger partial charge in [0, 0.05) is 5.33 Å². The number of hydrogen-bond acceptors (Lipinski definition) is 1. The summed E-state index contributed by atoms with van der Waals surface area (Å²) < 4.78 is 6.87. The van der Waals surface area contributed by atoms with E-state index in [2.05, 4.69) is 83.2 Å². The van der Waals surface area contributed by atoms with Crippen LogP contribution >= 0.6 is 15.9 Å². The topological polar surface area (TPSA) is 9.23 Å². The lowest BCUT2D eigenvalue weighted by molar-refractivity contribution is 0.000281. The predicted molar refractivity (Wildman–Crippen MR) is 115 cm³/mol. The number of hydrogen-bond donors (Lipinski definition) is 0. The molecule has 0 amide bonds. The fraction of sp³-hybridized carbons (Fsp3) is 0.810. The largest absolute Gasteiger partial charge is 0.413 e. The number of rotatable bonds is 6. The maximum atomic E-state index is 6.87. The molecule has 1 nitrogen and oxygen atoms in total. The third kappa shape index (κ3) is 5.31. The molecule has 0 radical (unpaired) electrons. The molecule has 1 fully saturated rings. The highest BCUT2D eigenvalue weighted by atomic mass is 79.9. The zero-order valence-electron chi connectivity index (χ0n) is 17.3. The molecule has 1 rings (SSSR count). The molecule has 1 aliphatic rings. The molecule has 24 heavy (non-hydrogen) atoms. The summed E-state index contributed by atoms with van der Waals surface area (Å²) in [5.74, 6) is 0.555. The van der Waals surface area contributed by atoms with Gasteiger partial charge in [-0.15, -0.1) is 0 Å². The molecule has 0 bridgehead atoms. The van der Waals surface area contributed by atoms with Gasteiger partial charge in [0.25, 0.3) is 0 Å². The van der Waals surface area contributed by atoms with E-state index in [0.717, 1.165) is 24.6 Å². The highest BCUT2D eigenvalue weighted by Crippen LogP contribution is 2.50. The van der Waals surface area contributed by atoms with Crippen LogP contribution in [-0.4, -0.2) is 19.8 Å². The highest BCUT2D eigenvalue weighted by molar-refractivity contribution is 9.09. The van der Waals surface area contributed by atoms with Gasteiger partial charge in [-0.1, -0.05) is 74.3 Å². The summed E-state index contributed by atoms with van der Waals surface area (Å²) in [5, 5.41) is 1.22. The molecule has 0 heterocycles. The summed E-state index contributed by atoms with van der Waals surface area (Å²) in [7, 11) is -1.74. The number of allylic oxidation sites excluding steroid dienone is 3. The molecule has 140 valence electrons. The van der Waals surface area contributed by atoms with Gasteiger partial charge in [-0.05, 0) is 62.1 Å². The van der Waals surface area contributed by atoms with E-state index in [0.29, 0.717) is 12.0 Å². The van der Waals surface area contributed by atoms with Crippen molar-refractivity contribution in [1.29, 1.82) is 0 Å². The van der Waals surface area contributed by atoms with E-state index in [1.54, 1.807) is 0 Å². The summed E-state index contributed by atoms with van der Waals surface area (Å²) >= 11 is 3.50. The van der Waals surface area contributed by atoms with Crippen molar-refractivity contribution in [1.82, 2.24) is 0 Å². The average molecular weight is 416 g/mol. The van der Waals surface area contributed by atoms with Crippen LogP contribution in [-0.2, 0) is 4.43 Å². The lowest BCUT2D eigenvalue weighted by atomic mass is 9.63. The summed E-state index contributed by atoms with van der Waals surface area (Å²) in [4.78, 5) is 0. The second kappa shape index (κ2) is 8.22. The second-order valence-corrected chi connectivity index (χ2v) is 15.1. The van der Waals surface area contributed by atoms with Gasteiger partial charge in [0.15, 0.2) is 8.32 Å². The summed E-state index contributed by atoms with van der Waals surface area (Å²) in [5.41, 5.74) is 3.07. The fourth-order valence-electron chi connectivity index (χ4n) is 3.54. The van der Waals surface area contributed by atoms with Crippen molar-refractivity contribution < 1.29 is 4.43 Å². The van der Waals surface area contributed by atoms with Crippen LogP contribution in [0.3, 0.4) is 0 Å². The van der Waals surface area contributed by atoms with Gasteiger partial charge < -0.3 is 4.43 Å². The average Bonchev–Trinajstić information content (AvgIpc) is 2.40. The monoisotopic (exact) mass is 414 g/mol. The predicted octanol–water partition coefficient (Wildman–Crippen LogP) is 7.49. The minimum Gasteiger partial charge on any atom is -0.413 e. The van der Waals surface area contributed by atoms with Gasteiger partial charge in [0.2, 0.25) is 0 Å². The molecule has 0 N–H and O–H groups in total. The van der Waals surface area contributed by atoms with Crippen LogP contribution in [0.15, 0.2) is 23.8 Å². The lowest BCUT2D eigenvalue weighted by Gasteiger charge is -2.50. The Kier molecular flexibility index (Phi) is 7.60. The van der Waals surface area contributed by atoms with Gasteiger partial charge >= 0.3 is 0 Å². The summed E-state index contributed by atoms with van der Waals surface area (Å²) in [6, 6.07) is 0. The molecule has 3 heteroatoms. The van der Waals surface area contributed by atoms with Gasteiger partial charge in [0.05, 0.1) is 6.10 Å². The van der Waals surface area contributed by atoms with Crippen molar-refractivity contribution in [2.45, 2.75) is 91.5 Å². The highest BCUT2D eigenvalue weighted by Gasteiger charge is 2.47. The first-order valence-corrected chi connectivity index (χ1v) is 13.4. The Morgan fingerprint density at radius 3 is 2.46 bits per heavy atom. The molecule has 0 aromatic rings. The second-order valence-electron chi connectivity index (χ2n) is 9.68. The van der Waals surface area contributed by atoms with Gasteiger partial charge in [0.1, 0.15) is 0 Å². The molecule has 0 aromatic carbocycles. The molecule has 2 atom stereocenters. The van der Waals surface area contributed by atoms with Crippen LogP contribution in [0.25, 0.3) is 0 Å². The Balaban J connectivity index is 2.91. The standard InChI is InChI=1S/C21H39BrOSi/c1-16(14-15-22)10-12-18-17(2)11-13-19(21(18,6)7)23-24(8,9)20(3,4)5/h14,18-19H,2,10-13,15H2,1,3-9H3/b16-14+/t18-,19+/m1/s1. The van der Waals surface area contributed by atoms with Gasteiger partial charge in [-0.25, -0.2) is 0 Å². The van der Waals surface area contributed by atoms with Crippen LogP contribution in [0.4, 0.5) is 0 Å². The van der Waals surface area contributed by atoms with E-state index in [1.807, 2.05) is 0 Å². The van der Waals surface area contributed by atoms with Gasteiger partial charge in [-0.2, -0.15) is 0 Å². The van der Waals surface area contributed by atoms with E-state index < -0.39 is 8.32 Å². The van der Waals surface area contributed by atoms with E-state index >= 15 is 0 Å². The lowest BCUT2D eigenvalue weighted by Crippen LogP contribution is -2.51. The van der Waals surface area contributed by atoms with Crippen molar-refractivity contribution in [2.24, 2.45) is 11.3 Å². The van der Waals surface area contributed by atoms with Crippen LogP contribution < -0.4 is 0 Å². The molecule has 0 unspecified atom stereocenters. The van der Waals surface area contributed by atoms with E-state index in [9.17, 15) is 0 Å². The zero-order chi connectivity index (χ0) is 18.8. The molecule has 0 saturated heterocycles. The number of alkyl halides is 1. The molecule has 0 spiro atoms. The van der Waals surface area contributed by atoms with E-state index in [4.69, 9.17) is 4.43 Å². The Morgan fingerprint density at radius 2 is 1.96 bits per heavy atom. The van der Waals surface area contributed by atoms with Crippen LogP contribution in [0.1, 0.15) is 67.2 Å². The maximum absolute atomic E-state index is 6.87. The molecular formula is C21H39BrOSi. The van der Waals surface area contributed by atoms with Crippen molar-refractivity contribution in [3.05, 3.63) is 23.8 Å². The van der Waals surface area contributed by atoms with Crippen molar-refractivity contribution in [2.75, 3.05) is 5.33 Å². The van der Waals surface area contributed by atoms with Crippen LogP contribution in [0.5, 0.6) is 0 Å². The minimum absolute atomic E-state index is 0.166. The minimum atomic E-state index is -1.74. The fourth-order valence-corrected chi connectivity index (χ4v) is 5.58. The van der Waals surface area contributed by atoms with Crippen molar-refractivity contribution in [3.8, 4) is 0 Å². The Morgan fingerprint density at radius 1 is 1.38 bits per heavy atom. The molecule has 0 aromatic heterocycles. The Bertz CT molecular complexity index is 471.